The Morgan fingerprint density at radius 2 is 1.97 bits per heavy atom. The molecule has 0 radical (unpaired) electrons. The Balaban J connectivity index is 1.30. The molecule has 12 heteroatoms. The number of nitrogens with two attached hydrogens (primary N) is 1. The highest BCUT2D eigenvalue weighted by molar-refractivity contribution is 7.13. The highest BCUT2D eigenvalue weighted by atomic mass is 32.1. The first-order chi connectivity index (χ1) is 17.0. The van der Waals surface area contributed by atoms with Crippen LogP contribution in [0.25, 0.3) is 22.6 Å². The molecular weight excluding hydrogens is 466 g/mol. The summed E-state index contributed by atoms with van der Waals surface area (Å²) < 4.78 is 1.68. The van der Waals surface area contributed by atoms with Gasteiger partial charge in [-0.3, -0.25) is 4.79 Å². The van der Waals surface area contributed by atoms with Crippen LogP contribution in [0.1, 0.15) is 24.1 Å². The molecule has 1 fully saturated rings. The second-order valence-corrected chi connectivity index (χ2v) is 9.05. The number of piperidine rings is 1. The smallest absolute Gasteiger partial charge is 0.306 e. The van der Waals surface area contributed by atoms with Crippen LogP contribution in [0, 0.1) is 17.2 Å². The van der Waals surface area contributed by atoms with Crippen LogP contribution < -0.4 is 10.6 Å². The molecule has 1 saturated heterocycles. The predicted molar refractivity (Wildman–Crippen MR) is 129 cm³/mol. The zero-order valence-corrected chi connectivity index (χ0v) is 19.4. The number of carbonyl (C=O) groups is 1. The second kappa shape index (κ2) is 9.47. The highest BCUT2D eigenvalue weighted by Crippen LogP contribution is 2.27. The third-order valence-electron chi connectivity index (χ3n) is 5.81. The van der Waals surface area contributed by atoms with Crippen molar-refractivity contribution in [1.29, 1.82) is 5.26 Å². The van der Waals surface area contributed by atoms with Crippen molar-refractivity contribution in [1.82, 2.24) is 29.9 Å². The summed E-state index contributed by atoms with van der Waals surface area (Å²) >= 11 is 1.54. The molecule has 1 aromatic carbocycles. The summed E-state index contributed by atoms with van der Waals surface area (Å²) in [6, 6.07) is 11.0. The van der Waals surface area contributed by atoms with Crippen molar-refractivity contribution < 1.29 is 9.90 Å². The fourth-order valence-electron chi connectivity index (χ4n) is 3.98. The van der Waals surface area contributed by atoms with E-state index >= 15 is 0 Å². The third kappa shape index (κ3) is 4.95. The van der Waals surface area contributed by atoms with E-state index in [0.29, 0.717) is 55.1 Å². The summed E-state index contributed by atoms with van der Waals surface area (Å²) in [5.74, 6) is -0.893. The number of nitriles is 1. The van der Waals surface area contributed by atoms with Gasteiger partial charge in [-0.25, -0.2) is 19.6 Å². The average molecular weight is 488 g/mol. The second-order valence-electron chi connectivity index (χ2n) is 8.21. The average Bonchev–Trinajstić information content (AvgIpc) is 3.54. The maximum Gasteiger partial charge on any atom is 0.306 e. The van der Waals surface area contributed by atoms with Crippen LogP contribution in [0.4, 0.5) is 11.1 Å². The number of anilines is 2. The summed E-state index contributed by atoms with van der Waals surface area (Å²) in [6.45, 7) is 1.81. The fraction of sp³-hybridized carbons (Fsp3) is 0.261. The van der Waals surface area contributed by atoms with Gasteiger partial charge >= 0.3 is 5.97 Å². The van der Waals surface area contributed by atoms with Gasteiger partial charge in [0, 0.05) is 24.0 Å². The summed E-state index contributed by atoms with van der Waals surface area (Å²) in [5, 5.41) is 29.7. The van der Waals surface area contributed by atoms with Gasteiger partial charge in [-0.15, -0.1) is 16.4 Å². The number of hydrogen-bond acceptors (Lipinski definition) is 10. The van der Waals surface area contributed by atoms with Gasteiger partial charge in [0.25, 0.3) is 0 Å². The van der Waals surface area contributed by atoms with Crippen molar-refractivity contribution in [2.45, 2.75) is 19.4 Å². The first kappa shape index (κ1) is 22.4. The molecule has 4 aromatic rings. The minimum absolute atomic E-state index is 0.102. The largest absolute Gasteiger partial charge is 0.481 e. The van der Waals surface area contributed by atoms with Crippen molar-refractivity contribution in [2.24, 2.45) is 5.92 Å². The zero-order valence-electron chi connectivity index (χ0n) is 18.6. The van der Waals surface area contributed by atoms with Crippen LogP contribution in [0.5, 0.6) is 0 Å². The number of aromatic nitrogens is 6. The molecule has 3 aromatic heterocycles. The normalized spacial score (nSPS) is 14.1. The summed E-state index contributed by atoms with van der Waals surface area (Å²) in [5.41, 5.74) is 9.74. The van der Waals surface area contributed by atoms with E-state index in [0.717, 1.165) is 16.4 Å². The van der Waals surface area contributed by atoms with Crippen LogP contribution in [-0.2, 0) is 11.3 Å². The summed E-state index contributed by atoms with van der Waals surface area (Å²) in [6.07, 6.45) is 3.03. The van der Waals surface area contributed by atoms with E-state index in [9.17, 15) is 9.90 Å². The van der Waals surface area contributed by atoms with Crippen LogP contribution in [0.15, 0.2) is 41.9 Å². The van der Waals surface area contributed by atoms with Crippen molar-refractivity contribution in [3.05, 3.63) is 53.2 Å². The highest BCUT2D eigenvalue weighted by Gasteiger charge is 2.25. The van der Waals surface area contributed by atoms with E-state index in [1.165, 1.54) is 11.3 Å². The van der Waals surface area contributed by atoms with Crippen molar-refractivity contribution in [2.75, 3.05) is 23.7 Å². The molecule has 0 spiro atoms. The number of benzene rings is 1. The molecule has 3 N–H and O–H groups in total. The molecule has 0 saturated carbocycles. The lowest BCUT2D eigenvalue weighted by molar-refractivity contribution is -0.142. The van der Waals surface area contributed by atoms with Gasteiger partial charge in [-0.1, -0.05) is 17.3 Å². The predicted octanol–water partition coefficient (Wildman–Crippen LogP) is 2.66. The van der Waals surface area contributed by atoms with Crippen LogP contribution >= 0.6 is 11.3 Å². The van der Waals surface area contributed by atoms with Gasteiger partial charge in [-0.2, -0.15) is 5.26 Å². The van der Waals surface area contributed by atoms with E-state index in [2.05, 4.69) is 31.2 Å². The number of nitrogen functional groups attached to an aromatic ring is 1. The molecule has 0 aliphatic carbocycles. The molecule has 4 heterocycles. The Kier molecular flexibility index (Phi) is 6.07. The molecule has 1 aliphatic rings. The lowest BCUT2D eigenvalue weighted by Gasteiger charge is -2.29. The van der Waals surface area contributed by atoms with Gasteiger partial charge < -0.3 is 15.7 Å². The number of thiazole rings is 1. The molecule has 176 valence electrons. The molecule has 0 unspecified atom stereocenters. The quantitative estimate of drug-likeness (QED) is 0.414. The van der Waals surface area contributed by atoms with Crippen molar-refractivity contribution in [3.63, 3.8) is 0 Å². The van der Waals surface area contributed by atoms with E-state index in [1.807, 2.05) is 11.4 Å². The minimum Gasteiger partial charge on any atom is -0.481 e. The SMILES string of the molecule is N#Cc1cccc(-c2cc(-c3cn(Cc4csc(N5CCC(C(=O)O)CC5)n4)nn3)nc(N)n2)c1. The monoisotopic (exact) mass is 487 g/mol. The van der Waals surface area contributed by atoms with Crippen LogP contribution in [-0.4, -0.2) is 54.1 Å². The number of carboxylic acid groups (broad SMARTS) is 1. The molecule has 35 heavy (non-hydrogen) atoms. The summed E-state index contributed by atoms with van der Waals surface area (Å²) in [7, 11) is 0. The minimum atomic E-state index is -0.722. The lowest BCUT2D eigenvalue weighted by atomic mass is 9.98. The Labute approximate surface area is 204 Å². The first-order valence-electron chi connectivity index (χ1n) is 11.0. The van der Waals surface area contributed by atoms with Gasteiger partial charge in [0.15, 0.2) is 5.13 Å². The number of carboxylic acids is 1. The summed E-state index contributed by atoms with van der Waals surface area (Å²) in [4.78, 5) is 26.6. The van der Waals surface area contributed by atoms with Crippen LogP contribution in [0.3, 0.4) is 0 Å². The first-order valence-corrected chi connectivity index (χ1v) is 11.8. The third-order valence-corrected chi connectivity index (χ3v) is 6.76. The van der Waals surface area contributed by atoms with Gasteiger partial charge in [0.2, 0.25) is 5.95 Å². The molecule has 0 atom stereocenters. The molecule has 0 bridgehead atoms. The Bertz CT molecular complexity index is 1420. The Morgan fingerprint density at radius 1 is 1.17 bits per heavy atom. The Morgan fingerprint density at radius 3 is 2.74 bits per heavy atom. The van der Waals surface area contributed by atoms with Crippen molar-refractivity contribution in [3.8, 4) is 28.7 Å². The van der Waals surface area contributed by atoms with Crippen molar-refractivity contribution >= 4 is 28.4 Å². The fourth-order valence-corrected chi connectivity index (χ4v) is 4.85. The number of aliphatic carboxylic acids is 1. The van der Waals surface area contributed by atoms with Crippen LogP contribution in [0.2, 0.25) is 0 Å². The van der Waals surface area contributed by atoms with E-state index in [4.69, 9.17) is 16.0 Å². The Hall–Kier alpha value is -4.37. The maximum absolute atomic E-state index is 11.2. The molecule has 5 rings (SSSR count). The molecule has 1 aliphatic heterocycles. The zero-order chi connectivity index (χ0) is 24.4. The van der Waals surface area contributed by atoms with Gasteiger partial charge in [0.05, 0.1) is 47.4 Å². The van der Waals surface area contributed by atoms with Gasteiger partial charge in [0.1, 0.15) is 5.69 Å². The van der Waals surface area contributed by atoms with E-state index in [-0.39, 0.29) is 11.9 Å². The number of hydrogen-bond donors (Lipinski definition) is 2. The maximum atomic E-state index is 11.2. The molecular formula is C23H21N9O2S. The number of nitrogens with zero attached hydrogens (tertiary/aromatic N) is 8. The molecule has 11 nitrogen and oxygen atoms in total. The molecule has 0 amide bonds. The van der Waals surface area contributed by atoms with Gasteiger partial charge in [-0.05, 0) is 31.0 Å². The number of rotatable bonds is 6. The van der Waals surface area contributed by atoms with E-state index in [1.54, 1.807) is 35.1 Å². The van der Waals surface area contributed by atoms with E-state index < -0.39 is 5.97 Å². The lowest BCUT2D eigenvalue weighted by Crippen LogP contribution is -2.36. The topological polar surface area (TPSA) is 160 Å². The standard InChI is InChI=1S/C23H21N9O2S/c24-10-14-2-1-3-16(8-14)18-9-19(28-22(25)27-18)20-12-32(30-29-20)11-17-13-35-23(26-17)31-6-4-15(5-7-31)21(33)34/h1-3,8-9,12-13,15H,4-7,11H2,(H,33,34)(H2,25,27,28).